The van der Waals surface area contributed by atoms with Gasteiger partial charge in [-0.25, -0.2) is 0 Å². The van der Waals surface area contributed by atoms with Crippen LogP contribution in [0, 0.1) is 0 Å². The van der Waals surface area contributed by atoms with E-state index in [0.29, 0.717) is 0 Å². The topological polar surface area (TPSA) is 0 Å². The van der Waals surface area contributed by atoms with Gasteiger partial charge in [0.2, 0.25) is 0 Å². The summed E-state index contributed by atoms with van der Waals surface area (Å²) in [6.07, 6.45) is 0. The molecule has 0 saturated carbocycles. The Morgan fingerprint density at radius 3 is 2.14 bits per heavy atom. The molecule has 22 heavy (non-hydrogen) atoms. The zero-order valence-corrected chi connectivity index (χ0v) is 14.0. The van der Waals surface area contributed by atoms with Crippen LogP contribution in [0.3, 0.4) is 0 Å². The molecule has 0 radical (unpaired) electrons. The molecule has 0 saturated heterocycles. The van der Waals surface area contributed by atoms with Crippen LogP contribution in [-0.2, 0) is 0 Å². The van der Waals surface area contributed by atoms with Crippen molar-refractivity contribution in [3.63, 3.8) is 0 Å². The van der Waals surface area contributed by atoms with E-state index in [9.17, 15) is 0 Å². The van der Waals surface area contributed by atoms with Gasteiger partial charge in [0.25, 0.3) is 0 Å². The van der Waals surface area contributed by atoms with Crippen LogP contribution in [-0.4, -0.2) is 0 Å². The average molecular weight is 368 g/mol. The molecule has 0 fully saturated rings. The third-order valence-electron chi connectivity index (χ3n) is 4.00. The molecule has 0 aromatic heterocycles. The first-order valence-corrected chi connectivity index (χ1v) is 8.27. The number of fused-ring (bicyclic) bond motifs is 2. The molecule has 106 valence electrons. The number of halogens is 2. The van der Waals surface area contributed by atoms with Crippen molar-refractivity contribution in [2.75, 3.05) is 0 Å². The van der Waals surface area contributed by atoms with Crippen molar-refractivity contribution < 1.29 is 0 Å². The van der Waals surface area contributed by atoms with Gasteiger partial charge in [-0.1, -0.05) is 94.3 Å². The molecule has 4 aromatic carbocycles. The van der Waals surface area contributed by atoms with Crippen LogP contribution in [0.15, 0.2) is 77.3 Å². The van der Waals surface area contributed by atoms with Gasteiger partial charge in [-0.05, 0) is 33.2 Å². The molecule has 0 spiro atoms. The molecular weight excluding hydrogens is 356 g/mol. The molecule has 2 heteroatoms. The normalized spacial score (nSPS) is 11.2. The third-order valence-corrected chi connectivity index (χ3v) is 4.96. The van der Waals surface area contributed by atoms with Gasteiger partial charge in [0, 0.05) is 10.0 Å². The summed E-state index contributed by atoms with van der Waals surface area (Å²) >= 11 is 10.2. The molecule has 0 unspecified atom stereocenters. The van der Waals surface area contributed by atoms with Crippen molar-refractivity contribution in [2.24, 2.45) is 0 Å². The van der Waals surface area contributed by atoms with E-state index in [1.807, 2.05) is 12.1 Å². The van der Waals surface area contributed by atoms with Gasteiger partial charge in [0.15, 0.2) is 0 Å². The lowest BCUT2D eigenvalue weighted by Crippen LogP contribution is -1.86. The number of hydrogen-bond acceptors (Lipinski definition) is 0. The summed E-state index contributed by atoms with van der Waals surface area (Å²) < 4.78 is 1.03. The summed E-state index contributed by atoms with van der Waals surface area (Å²) in [4.78, 5) is 0. The van der Waals surface area contributed by atoms with E-state index in [-0.39, 0.29) is 0 Å². The lowest BCUT2D eigenvalue weighted by Gasteiger charge is -2.13. The highest BCUT2D eigenvalue weighted by atomic mass is 79.9. The fourth-order valence-corrected chi connectivity index (χ4v) is 4.04. The summed E-state index contributed by atoms with van der Waals surface area (Å²) in [6.45, 7) is 0. The monoisotopic (exact) mass is 366 g/mol. The van der Waals surface area contributed by atoms with Crippen molar-refractivity contribution >= 4 is 49.1 Å². The van der Waals surface area contributed by atoms with Crippen LogP contribution in [0.5, 0.6) is 0 Å². The Kier molecular flexibility index (Phi) is 3.40. The SMILES string of the molecule is Clc1cc(Br)c2ccccc2c1-c1cccc2ccccc12. The van der Waals surface area contributed by atoms with Crippen molar-refractivity contribution in [1.29, 1.82) is 0 Å². The van der Waals surface area contributed by atoms with E-state index >= 15 is 0 Å². The molecule has 4 rings (SSSR count). The highest BCUT2D eigenvalue weighted by molar-refractivity contribution is 9.10. The van der Waals surface area contributed by atoms with Crippen molar-refractivity contribution in [2.45, 2.75) is 0 Å². The second-order valence-corrected chi connectivity index (χ2v) is 6.55. The summed E-state index contributed by atoms with van der Waals surface area (Å²) in [7, 11) is 0. The zero-order valence-electron chi connectivity index (χ0n) is 11.7. The number of rotatable bonds is 1. The molecule has 0 atom stereocenters. The Morgan fingerprint density at radius 2 is 1.32 bits per heavy atom. The van der Waals surface area contributed by atoms with Crippen LogP contribution in [0.1, 0.15) is 0 Å². The molecular formula is C20H12BrCl. The minimum Gasteiger partial charge on any atom is -0.0836 e. The Balaban J connectivity index is 2.18. The number of benzene rings is 4. The van der Waals surface area contributed by atoms with Gasteiger partial charge in [-0.15, -0.1) is 0 Å². The second-order valence-electron chi connectivity index (χ2n) is 5.29. The molecule has 0 aliphatic heterocycles. The van der Waals surface area contributed by atoms with Crippen LogP contribution in [0.4, 0.5) is 0 Å². The van der Waals surface area contributed by atoms with Gasteiger partial charge in [-0.2, -0.15) is 0 Å². The minimum absolute atomic E-state index is 0.766. The standard InChI is InChI=1S/C20H12BrCl/c21-18-12-19(22)20(17-10-4-3-9-15(17)18)16-11-5-7-13-6-1-2-8-14(13)16/h1-12H. The highest BCUT2D eigenvalue weighted by Gasteiger charge is 2.13. The maximum absolute atomic E-state index is 6.61. The molecule has 0 aliphatic carbocycles. The molecule has 0 aliphatic rings. The van der Waals surface area contributed by atoms with Crippen LogP contribution >= 0.6 is 27.5 Å². The Labute approximate surface area is 142 Å². The van der Waals surface area contributed by atoms with Crippen LogP contribution in [0.2, 0.25) is 5.02 Å². The quantitative estimate of drug-likeness (QED) is 0.337. The van der Waals surface area contributed by atoms with Gasteiger partial charge in [0.05, 0.1) is 5.02 Å². The first-order valence-electron chi connectivity index (χ1n) is 7.10. The average Bonchev–Trinajstić information content (AvgIpc) is 2.55. The van der Waals surface area contributed by atoms with Crippen molar-refractivity contribution in [3.8, 4) is 11.1 Å². The maximum Gasteiger partial charge on any atom is 0.0502 e. The van der Waals surface area contributed by atoms with E-state index in [1.165, 1.54) is 27.1 Å². The smallest absolute Gasteiger partial charge is 0.0502 e. The predicted molar refractivity (Wildman–Crippen MR) is 99.6 cm³/mol. The molecule has 4 aromatic rings. The lowest BCUT2D eigenvalue weighted by molar-refractivity contribution is 1.66. The first kappa shape index (κ1) is 13.8. The number of hydrogen-bond donors (Lipinski definition) is 0. The second kappa shape index (κ2) is 5.42. The Bertz CT molecular complexity index is 1000. The summed E-state index contributed by atoms with van der Waals surface area (Å²) in [5, 5.41) is 5.55. The fraction of sp³-hybridized carbons (Fsp3) is 0. The molecule has 0 nitrogen and oxygen atoms in total. The predicted octanol–water partition coefficient (Wildman–Crippen LogP) is 7.08. The highest BCUT2D eigenvalue weighted by Crippen LogP contribution is 2.41. The summed E-state index contributed by atoms with van der Waals surface area (Å²) in [5.41, 5.74) is 2.27. The van der Waals surface area contributed by atoms with Crippen molar-refractivity contribution in [1.82, 2.24) is 0 Å². The largest absolute Gasteiger partial charge is 0.0836 e. The van der Waals surface area contributed by atoms with E-state index in [1.54, 1.807) is 0 Å². The molecule has 0 heterocycles. The van der Waals surface area contributed by atoms with E-state index in [2.05, 4.69) is 76.6 Å². The fourth-order valence-electron chi connectivity index (χ4n) is 3.02. The minimum atomic E-state index is 0.766. The summed E-state index contributed by atoms with van der Waals surface area (Å²) in [5.74, 6) is 0. The summed E-state index contributed by atoms with van der Waals surface area (Å²) in [6, 6.07) is 25.1. The molecule has 0 bridgehead atoms. The molecule has 0 amide bonds. The van der Waals surface area contributed by atoms with E-state index in [0.717, 1.165) is 15.1 Å². The van der Waals surface area contributed by atoms with Gasteiger partial charge < -0.3 is 0 Å². The van der Waals surface area contributed by atoms with Crippen LogP contribution in [0.25, 0.3) is 32.7 Å². The molecule has 0 N–H and O–H groups in total. The first-order chi connectivity index (χ1) is 10.8. The van der Waals surface area contributed by atoms with Gasteiger partial charge in [0.1, 0.15) is 0 Å². The van der Waals surface area contributed by atoms with Gasteiger partial charge in [-0.3, -0.25) is 0 Å². The lowest BCUT2D eigenvalue weighted by atomic mass is 9.94. The Morgan fingerprint density at radius 1 is 0.682 bits per heavy atom. The zero-order chi connectivity index (χ0) is 15.1. The van der Waals surface area contributed by atoms with E-state index in [4.69, 9.17) is 11.6 Å². The Hall–Kier alpha value is -1.83. The van der Waals surface area contributed by atoms with Crippen LogP contribution < -0.4 is 0 Å². The van der Waals surface area contributed by atoms with E-state index < -0.39 is 0 Å². The third kappa shape index (κ3) is 2.13. The van der Waals surface area contributed by atoms with Gasteiger partial charge >= 0.3 is 0 Å². The van der Waals surface area contributed by atoms with Crippen molar-refractivity contribution in [3.05, 3.63) is 82.3 Å². The maximum atomic E-state index is 6.61.